The van der Waals surface area contributed by atoms with Crippen LogP contribution < -0.4 is 0 Å². The number of aromatic nitrogens is 1. The average Bonchev–Trinajstić information content (AvgIpc) is 2.99. The molecule has 2 aromatic rings. The molecule has 1 atom stereocenters. The summed E-state index contributed by atoms with van der Waals surface area (Å²) in [5, 5.41) is 11.3. The first-order chi connectivity index (χ1) is 10.3. The van der Waals surface area contributed by atoms with Gasteiger partial charge in [-0.05, 0) is 48.8 Å². The molecular formula is C17H21NO2S. The van der Waals surface area contributed by atoms with E-state index < -0.39 is 5.97 Å². The van der Waals surface area contributed by atoms with Crippen molar-refractivity contribution in [1.29, 1.82) is 0 Å². The van der Waals surface area contributed by atoms with E-state index in [0.29, 0.717) is 6.42 Å². The maximum absolute atomic E-state index is 11.3. The molecule has 112 valence electrons. The zero-order chi connectivity index (χ0) is 14.9. The van der Waals surface area contributed by atoms with Crippen molar-refractivity contribution in [3.8, 4) is 0 Å². The minimum Gasteiger partial charge on any atom is -0.481 e. The molecule has 0 aliphatic carbocycles. The molecule has 0 aliphatic heterocycles. The number of aliphatic carboxylic acids is 1. The van der Waals surface area contributed by atoms with Gasteiger partial charge in [0.25, 0.3) is 0 Å². The molecule has 0 amide bonds. The van der Waals surface area contributed by atoms with Crippen molar-refractivity contribution in [2.75, 3.05) is 0 Å². The van der Waals surface area contributed by atoms with E-state index in [1.807, 2.05) is 29.8 Å². The Morgan fingerprint density at radius 2 is 2.14 bits per heavy atom. The number of carboxylic acid groups (broad SMARTS) is 1. The number of pyridine rings is 1. The van der Waals surface area contributed by atoms with Crippen molar-refractivity contribution in [1.82, 2.24) is 4.98 Å². The Labute approximate surface area is 129 Å². The van der Waals surface area contributed by atoms with E-state index in [0.717, 1.165) is 37.0 Å². The van der Waals surface area contributed by atoms with E-state index in [2.05, 4.69) is 11.1 Å². The van der Waals surface area contributed by atoms with Crippen molar-refractivity contribution in [2.24, 2.45) is 5.92 Å². The quantitative estimate of drug-likeness (QED) is 0.707. The molecular weight excluding hydrogens is 282 g/mol. The van der Waals surface area contributed by atoms with E-state index >= 15 is 0 Å². The lowest BCUT2D eigenvalue weighted by Gasteiger charge is -2.11. The smallest absolute Gasteiger partial charge is 0.306 e. The van der Waals surface area contributed by atoms with E-state index in [1.165, 1.54) is 5.56 Å². The summed E-state index contributed by atoms with van der Waals surface area (Å²) in [7, 11) is 0. The fourth-order valence-corrected chi connectivity index (χ4v) is 3.21. The van der Waals surface area contributed by atoms with Crippen LogP contribution >= 0.6 is 11.3 Å². The van der Waals surface area contributed by atoms with Gasteiger partial charge in [0, 0.05) is 17.3 Å². The Morgan fingerprint density at radius 3 is 2.81 bits per heavy atom. The zero-order valence-electron chi connectivity index (χ0n) is 12.1. The topological polar surface area (TPSA) is 50.2 Å². The standard InChI is InChI=1S/C17H21NO2S/c19-17(20)15(12-16-9-5-11-21-16)8-3-1-2-6-14-7-4-10-18-13-14/h4-5,7,9-11,13,15H,1-3,6,8,12H2,(H,19,20)/t15-/m0/s1. The molecule has 0 aromatic carbocycles. The summed E-state index contributed by atoms with van der Waals surface area (Å²) < 4.78 is 0. The fraction of sp³-hybridized carbons (Fsp3) is 0.412. The molecule has 0 radical (unpaired) electrons. The van der Waals surface area contributed by atoms with Gasteiger partial charge in [0.1, 0.15) is 0 Å². The zero-order valence-corrected chi connectivity index (χ0v) is 12.9. The molecule has 21 heavy (non-hydrogen) atoms. The highest BCUT2D eigenvalue weighted by Gasteiger charge is 2.17. The molecule has 0 spiro atoms. The van der Waals surface area contributed by atoms with Gasteiger partial charge in [-0.3, -0.25) is 9.78 Å². The maximum Gasteiger partial charge on any atom is 0.306 e. The number of carbonyl (C=O) groups is 1. The molecule has 2 aromatic heterocycles. The largest absolute Gasteiger partial charge is 0.481 e. The van der Waals surface area contributed by atoms with Crippen LogP contribution in [0.4, 0.5) is 0 Å². The number of nitrogens with zero attached hydrogens (tertiary/aromatic N) is 1. The number of thiophene rings is 1. The number of aryl methyl sites for hydroxylation is 1. The van der Waals surface area contributed by atoms with Crippen molar-refractivity contribution in [3.05, 3.63) is 52.5 Å². The Bertz CT molecular complexity index is 525. The summed E-state index contributed by atoms with van der Waals surface area (Å²) in [6.45, 7) is 0. The van der Waals surface area contributed by atoms with Crippen LogP contribution in [0, 0.1) is 5.92 Å². The van der Waals surface area contributed by atoms with Crippen molar-refractivity contribution >= 4 is 17.3 Å². The van der Waals surface area contributed by atoms with Gasteiger partial charge >= 0.3 is 5.97 Å². The van der Waals surface area contributed by atoms with E-state index in [-0.39, 0.29) is 5.92 Å². The molecule has 0 saturated carbocycles. The van der Waals surface area contributed by atoms with Gasteiger partial charge in [-0.15, -0.1) is 11.3 Å². The summed E-state index contributed by atoms with van der Waals surface area (Å²) in [4.78, 5) is 16.6. The highest BCUT2D eigenvalue weighted by molar-refractivity contribution is 7.09. The highest BCUT2D eigenvalue weighted by Crippen LogP contribution is 2.20. The third-order valence-electron chi connectivity index (χ3n) is 3.62. The number of unbranched alkanes of at least 4 members (excludes halogenated alkanes) is 2. The first kappa shape index (κ1) is 15.7. The van der Waals surface area contributed by atoms with Gasteiger partial charge in [-0.25, -0.2) is 0 Å². The van der Waals surface area contributed by atoms with Crippen molar-refractivity contribution < 1.29 is 9.90 Å². The molecule has 0 saturated heterocycles. The van der Waals surface area contributed by atoms with E-state index in [9.17, 15) is 9.90 Å². The average molecular weight is 303 g/mol. The van der Waals surface area contributed by atoms with Crippen LogP contribution in [0.1, 0.15) is 36.1 Å². The maximum atomic E-state index is 11.3. The van der Waals surface area contributed by atoms with Gasteiger partial charge in [0.05, 0.1) is 5.92 Å². The van der Waals surface area contributed by atoms with Crippen LogP contribution in [0.3, 0.4) is 0 Å². The predicted octanol–water partition coefficient (Wildman–Crippen LogP) is 4.19. The van der Waals surface area contributed by atoms with Crippen molar-refractivity contribution in [3.63, 3.8) is 0 Å². The molecule has 3 nitrogen and oxygen atoms in total. The van der Waals surface area contributed by atoms with Gasteiger partial charge in [0.15, 0.2) is 0 Å². The summed E-state index contributed by atoms with van der Waals surface area (Å²) in [5.41, 5.74) is 1.26. The minimum atomic E-state index is -0.671. The van der Waals surface area contributed by atoms with Gasteiger partial charge in [-0.1, -0.05) is 25.0 Å². The Balaban J connectivity index is 1.66. The second-order valence-electron chi connectivity index (χ2n) is 5.28. The Morgan fingerprint density at radius 1 is 1.24 bits per heavy atom. The lowest BCUT2D eigenvalue weighted by molar-refractivity contribution is -0.141. The van der Waals surface area contributed by atoms with Crippen LogP contribution in [0.15, 0.2) is 42.0 Å². The number of hydrogen-bond donors (Lipinski definition) is 1. The second-order valence-corrected chi connectivity index (χ2v) is 6.31. The van der Waals surface area contributed by atoms with Crippen LogP contribution in [-0.2, 0) is 17.6 Å². The molecule has 4 heteroatoms. The van der Waals surface area contributed by atoms with Crippen LogP contribution in [-0.4, -0.2) is 16.1 Å². The summed E-state index contributed by atoms with van der Waals surface area (Å²) in [5.74, 6) is -0.919. The molecule has 0 bridgehead atoms. The van der Waals surface area contributed by atoms with Crippen LogP contribution in [0.2, 0.25) is 0 Å². The first-order valence-corrected chi connectivity index (χ1v) is 8.28. The molecule has 0 fully saturated rings. The summed E-state index contributed by atoms with van der Waals surface area (Å²) in [6, 6.07) is 8.04. The molecule has 0 unspecified atom stereocenters. The predicted molar refractivity (Wildman–Crippen MR) is 85.6 cm³/mol. The van der Waals surface area contributed by atoms with Gasteiger partial charge in [-0.2, -0.15) is 0 Å². The van der Waals surface area contributed by atoms with Gasteiger partial charge < -0.3 is 5.11 Å². The first-order valence-electron chi connectivity index (χ1n) is 7.40. The van der Waals surface area contributed by atoms with E-state index in [1.54, 1.807) is 17.5 Å². The van der Waals surface area contributed by atoms with Crippen molar-refractivity contribution in [2.45, 2.75) is 38.5 Å². The molecule has 1 N–H and O–H groups in total. The SMILES string of the molecule is O=C(O)[C@@H](CCCCCc1cccnc1)Cc1cccs1. The molecule has 0 aliphatic rings. The van der Waals surface area contributed by atoms with Gasteiger partial charge in [0.2, 0.25) is 0 Å². The molecule has 2 heterocycles. The number of hydrogen-bond acceptors (Lipinski definition) is 3. The third-order valence-corrected chi connectivity index (χ3v) is 4.52. The second kappa shape index (κ2) is 8.57. The van der Waals surface area contributed by atoms with E-state index in [4.69, 9.17) is 0 Å². The Kier molecular flexibility index (Phi) is 6.41. The lowest BCUT2D eigenvalue weighted by atomic mass is 9.96. The number of carboxylic acids is 1. The van der Waals surface area contributed by atoms with Crippen LogP contribution in [0.5, 0.6) is 0 Å². The lowest BCUT2D eigenvalue weighted by Crippen LogP contribution is -2.15. The third kappa shape index (κ3) is 5.68. The monoisotopic (exact) mass is 303 g/mol. The Hall–Kier alpha value is -1.68. The fourth-order valence-electron chi connectivity index (χ4n) is 2.43. The molecule has 2 rings (SSSR count). The minimum absolute atomic E-state index is 0.248. The number of rotatable bonds is 9. The van der Waals surface area contributed by atoms with Crippen LogP contribution in [0.25, 0.3) is 0 Å². The normalized spacial score (nSPS) is 12.2. The highest BCUT2D eigenvalue weighted by atomic mass is 32.1. The summed E-state index contributed by atoms with van der Waals surface area (Å²) in [6.07, 6.45) is 9.28. The summed E-state index contributed by atoms with van der Waals surface area (Å²) >= 11 is 1.64.